The number of rotatable bonds is 10. The van der Waals surface area contributed by atoms with Crippen molar-refractivity contribution in [1.82, 2.24) is 0 Å². The Kier molecular flexibility index (Phi) is 10.1. The molecule has 26 heavy (non-hydrogen) atoms. The third-order valence-electron chi connectivity index (χ3n) is 4.55. The van der Waals surface area contributed by atoms with Crippen LogP contribution in [0.5, 0.6) is 0 Å². The van der Waals surface area contributed by atoms with E-state index < -0.39 is 48.6 Å². The summed E-state index contributed by atoms with van der Waals surface area (Å²) in [4.78, 5) is 23.9. The summed E-state index contributed by atoms with van der Waals surface area (Å²) in [5.41, 5.74) is 0. The molecule has 0 aromatic rings. The smallest absolute Gasteiger partial charge is 0.306 e. The fraction of sp³-hybridized carbons (Fsp3) is 0.889. The number of hydrogen-bond acceptors (Lipinski definition) is 8. The van der Waals surface area contributed by atoms with E-state index in [0.717, 1.165) is 25.7 Å². The highest BCUT2D eigenvalue weighted by Crippen LogP contribution is 2.27. The van der Waals surface area contributed by atoms with E-state index in [9.17, 15) is 30.0 Å². The zero-order chi connectivity index (χ0) is 19.7. The van der Waals surface area contributed by atoms with Crippen molar-refractivity contribution in [3.05, 3.63) is 0 Å². The van der Waals surface area contributed by atoms with Crippen LogP contribution in [0.2, 0.25) is 0 Å². The number of hydrogen-bond donors (Lipinski definition) is 4. The Hall–Kier alpha value is -1.22. The van der Waals surface area contributed by atoms with Gasteiger partial charge >= 0.3 is 11.9 Å². The van der Waals surface area contributed by atoms with Crippen LogP contribution in [0.25, 0.3) is 0 Å². The second kappa shape index (κ2) is 11.5. The molecule has 0 aromatic carbocycles. The maximum atomic E-state index is 12.0. The quantitative estimate of drug-likeness (QED) is 0.319. The predicted octanol–water partition coefficient (Wildman–Crippen LogP) is 0.428. The first-order valence-electron chi connectivity index (χ1n) is 9.44. The number of carbonyl (C=O) groups is 2. The SMILES string of the molecule is CCCCCC(=O)O[C@@H]1[C@@H](O)[C@H](O)[C@@H](O)[C@H](O)[C@@H]1OC(=O)CCCCC. The molecule has 1 aliphatic rings. The van der Waals surface area contributed by atoms with E-state index >= 15 is 0 Å². The van der Waals surface area contributed by atoms with Gasteiger partial charge in [-0.1, -0.05) is 39.5 Å². The van der Waals surface area contributed by atoms with Gasteiger partial charge in [0, 0.05) is 12.8 Å². The van der Waals surface area contributed by atoms with E-state index in [1.54, 1.807) is 0 Å². The minimum absolute atomic E-state index is 0.114. The van der Waals surface area contributed by atoms with Crippen molar-refractivity contribution in [2.75, 3.05) is 0 Å². The van der Waals surface area contributed by atoms with Crippen LogP contribution in [-0.2, 0) is 19.1 Å². The van der Waals surface area contributed by atoms with Gasteiger partial charge in [-0.3, -0.25) is 9.59 Å². The molecule has 1 saturated carbocycles. The van der Waals surface area contributed by atoms with Crippen LogP contribution in [0.15, 0.2) is 0 Å². The summed E-state index contributed by atoms with van der Waals surface area (Å²) in [6.45, 7) is 3.97. The molecule has 4 N–H and O–H groups in total. The first kappa shape index (κ1) is 22.8. The molecule has 1 rings (SSSR count). The van der Waals surface area contributed by atoms with Crippen LogP contribution in [0, 0.1) is 0 Å². The molecule has 0 unspecified atom stereocenters. The summed E-state index contributed by atoms with van der Waals surface area (Å²) in [6.07, 6.45) is -4.70. The van der Waals surface area contributed by atoms with E-state index in [2.05, 4.69) is 0 Å². The van der Waals surface area contributed by atoms with Gasteiger partial charge in [-0.15, -0.1) is 0 Å². The highest BCUT2D eigenvalue weighted by Gasteiger charge is 2.52. The van der Waals surface area contributed by atoms with E-state index in [4.69, 9.17) is 9.47 Å². The fourth-order valence-electron chi connectivity index (χ4n) is 2.92. The molecule has 6 atom stereocenters. The Labute approximate surface area is 154 Å². The van der Waals surface area contributed by atoms with E-state index in [1.807, 2.05) is 13.8 Å². The Morgan fingerprint density at radius 1 is 0.654 bits per heavy atom. The summed E-state index contributed by atoms with van der Waals surface area (Å²) in [5, 5.41) is 40.0. The monoisotopic (exact) mass is 376 g/mol. The van der Waals surface area contributed by atoms with Crippen molar-refractivity contribution in [2.24, 2.45) is 0 Å². The third-order valence-corrected chi connectivity index (χ3v) is 4.55. The van der Waals surface area contributed by atoms with E-state index in [-0.39, 0.29) is 12.8 Å². The molecular weight excluding hydrogens is 344 g/mol. The second-order valence-corrected chi connectivity index (χ2v) is 6.79. The van der Waals surface area contributed by atoms with Gasteiger partial charge in [-0.2, -0.15) is 0 Å². The van der Waals surface area contributed by atoms with Crippen molar-refractivity contribution in [2.45, 2.75) is 102 Å². The molecule has 1 fully saturated rings. The maximum Gasteiger partial charge on any atom is 0.306 e. The summed E-state index contributed by atoms with van der Waals surface area (Å²) in [7, 11) is 0. The minimum atomic E-state index is -1.71. The Morgan fingerprint density at radius 3 is 1.31 bits per heavy atom. The predicted molar refractivity (Wildman–Crippen MR) is 92.1 cm³/mol. The van der Waals surface area contributed by atoms with Crippen molar-refractivity contribution < 1.29 is 39.5 Å². The lowest BCUT2D eigenvalue weighted by Crippen LogP contribution is -2.65. The standard InChI is InChI=1S/C18H32O8/c1-3-5-7-9-11(19)25-17-15(23)13(21)14(22)16(24)18(17)26-12(20)10-8-6-4-2/h13-18,21-24H,3-10H2,1-2H3/t13-,14-,15+,16+,17-,18+/m1/s1. The molecular formula is C18H32O8. The Morgan fingerprint density at radius 2 is 1.00 bits per heavy atom. The van der Waals surface area contributed by atoms with Gasteiger partial charge in [0.2, 0.25) is 0 Å². The zero-order valence-corrected chi connectivity index (χ0v) is 15.5. The largest absolute Gasteiger partial charge is 0.455 e. The van der Waals surface area contributed by atoms with Crippen LogP contribution in [0.3, 0.4) is 0 Å². The first-order chi connectivity index (χ1) is 12.3. The van der Waals surface area contributed by atoms with Crippen molar-refractivity contribution in [1.29, 1.82) is 0 Å². The molecule has 0 saturated heterocycles. The molecule has 0 aliphatic heterocycles. The lowest BCUT2D eigenvalue weighted by atomic mass is 9.84. The van der Waals surface area contributed by atoms with Gasteiger partial charge in [0.25, 0.3) is 0 Å². The Bertz CT molecular complexity index is 401. The maximum absolute atomic E-state index is 12.0. The van der Waals surface area contributed by atoms with Crippen LogP contribution in [0.4, 0.5) is 0 Å². The van der Waals surface area contributed by atoms with E-state index in [1.165, 1.54) is 0 Å². The average molecular weight is 376 g/mol. The van der Waals surface area contributed by atoms with Crippen LogP contribution in [-0.4, -0.2) is 69.0 Å². The van der Waals surface area contributed by atoms with Gasteiger partial charge in [-0.05, 0) is 12.8 Å². The Balaban J connectivity index is 2.78. The van der Waals surface area contributed by atoms with Gasteiger partial charge < -0.3 is 29.9 Å². The molecule has 8 nitrogen and oxygen atoms in total. The topological polar surface area (TPSA) is 134 Å². The van der Waals surface area contributed by atoms with Gasteiger partial charge in [0.15, 0.2) is 12.2 Å². The molecule has 0 amide bonds. The summed E-state index contributed by atoms with van der Waals surface area (Å²) in [6, 6.07) is 0. The summed E-state index contributed by atoms with van der Waals surface area (Å²) >= 11 is 0. The lowest BCUT2D eigenvalue weighted by Gasteiger charge is -2.42. The highest BCUT2D eigenvalue weighted by atomic mass is 16.6. The number of ether oxygens (including phenoxy) is 2. The molecule has 1 aliphatic carbocycles. The average Bonchev–Trinajstić information content (AvgIpc) is 2.61. The third kappa shape index (κ3) is 6.50. The summed E-state index contributed by atoms with van der Waals surface area (Å²) < 4.78 is 10.4. The number of carbonyl (C=O) groups excluding carboxylic acids is 2. The molecule has 0 spiro atoms. The lowest BCUT2D eigenvalue weighted by molar-refractivity contribution is -0.241. The first-order valence-corrected chi connectivity index (χ1v) is 9.44. The van der Waals surface area contributed by atoms with Gasteiger partial charge in [0.05, 0.1) is 0 Å². The molecule has 0 aromatic heterocycles. The molecule has 0 heterocycles. The van der Waals surface area contributed by atoms with E-state index in [0.29, 0.717) is 12.8 Å². The number of aliphatic hydroxyl groups is 4. The number of esters is 2. The van der Waals surface area contributed by atoms with Crippen LogP contribution >= 0.6 is 0 Å². The summed E-state index contributed by atoms with van der Waals surface area (Å²) in [5.74, 6) is -1.24. The van der Waals surface area contributed by atoms with Gasteiger partial charge in [-0.25, -0.2) is 0 Å². The van der Waals surface area contributed by atoms with Gasteiger partial charge in [0.1, 0.15) is 24.4 Å². The molecule has 0 radical (unpaired) electrons. The van der Waals surface area contributed by atoms with Crippen molar-refractivity contribution >= 4 is 11.9 Å². The zero-order valence-electron chi connectivity index (χ0n) is 15.5. The normalized spacial score (nSPS) is 31.5. The number of unbranched alkanes of at least 4 members (excludes halogenated alkanes) is 4. The molecule has 0 bridgehead atoms. The second-order valence-electron chi connectivity index (χ2n) is 6.79. The van der Waals surface area contributed by atoms with Crippen LogP contribution in [0.1, 0.15) is 65.2 Å². The molecule has 152 valence electrons. The van der Waals surface area contributed by atoms with Crippen LogP contribution < -0.4 is 0 Å². The number of aliphatic hydroxyl groups excluding tert-OH is 4. The van der Waals surface area contributed by atoms with Crippen molar-refractivity contribution in [3.63, 3.8) is 0 Å². The van der Waals surface area contributed by atoms with Crippen molar-refractivity contribution in [3.8, 4) is 0 Å². The fourth-order valence-corrected chi connectivity index (χ4v) is 2.92. The highest BCUT2D eigenvalue weighted by molar-refractivity contribution is 5.70. The molecule has 8 heteroatoms. The minimum Gasteiger partial charge on any atom is -0.455 e.